The number of pyridine rings is 2. The van der Waals surface area contributed by atoms with Gasteiger partial charge in [0.15, 0.2) is 5.65 Å². The maximum absolute atomic E-state index is 14.9. The molecule has 9 nitrogen and oxygen atoms in total. The van der Waals surface area contributed by atoms with Gasteiger partial charge in [-0.2, -0.15) is 4.98 Å². The fourth-order valence-corrected chi connectivity index (χ4v) is 5.70. The molecule has 1 fully saturated rings. The van der Waals surface area contributed by atoms with Crippen molar-refractivity contribution in [1.82, 2.24) is 19.4 Å². The number of carbonyl (C=O) groups excluding carboxylic acids is 1. The molecule has 1 saturated heterocycles. The van der Waals surface area contributed by atoms with E-state index in [4.69, 9.17) is 16.6 Å². The van der Waals surface area contributed by atoms with Crippen LogP contribution in [0.15, 0.2) is 60.0 Å². The first kappa shape index (κ1) is 28.2. The summed E-state index contributed by atoms with van der Waals surface area (Å²) in [5.74, 6) is -0.481. The lowest BCUT2D eigenvalue weighted by atomic mass is 10.0. The van der Waals surface area contributed by atoms with E-state index in [1.165, 1.54) is 22.9 Å². The number of piperazine rings is 1. The molecule has 1 aromatic carbocycles. The molecule has 0 unspecified atom stereocenters. The summed E-state index contributed by atoms with van der Waals surface area (Å²) in [4.78, 5) is 39.2. The van der Waals surface area contributed by atoms with Crippen LogP contribution in [0.5, 0.6) is 0 Å². The van der Waals surface area contributed by atoms with Gasteiger partial charge in [-0.05, 0) is 43.7 Å². The van der Waals surface area contributed by atoms with Crippen molar-refractivity contribution in [3.8, 4) is 16.9 Å². The Balaban J connectivity index is 1.83. The summed E-state index contributed by atoms with van der Waals surface area (Å²) in [6.45, 7) is 12.4. The van der Waals surface area contributed by atoms with Gasteiger partial charge in [0.05, 0.1) is 16.1 Å². The predicted molar refractivity (Wildman–Crippen MR) is 155 cm³/mol. The van der Waals surface area contributed by atoms with E-state index in [1.807, 2.05) is 32.6 Å². The van der Waals surface area contributed by atoms with Crippen LogP contribution in [0.25, 0.3) is 28.0 Å². The summed E-state index contributed by atoms with van der Waals surface area (Å²) in [7, 11) is 0. The topological polar surface area (TPSA) is 95.4 Å². The molecule has 1 aliphatic rings. The molecule has 11 heteroatoms. The molecule has 41 heavy (non-hydrogen) atoms. The van der Waals surface area contributed by atoms with Gasteiger partial charge in [0, 0.05) is 48.0 Å². The molecule has 4 heterocycles. The Morgan fingerprint density at radius 1 is 1.24 bits per heavy atom. The lowest BCUT2D eigenvalue weighted by Crippen LogP contribution is -2.54. The van der Waals surface area contributed by atoms with Crippen molar-refractivity contribution >= 4 is 34.4 Å². The Kier molecular flexibility index (Phi) is 7.52. The number of nitrogens with zero attached hydrogens (tertiary/aromatic N) is 6. The second-order valence-electron chi connectivity index (χ2n) is 10.5. The van der Waals surface area contributed by atoms with Gasteiger partial charge in [-0.15, -0.1) is 0 Å². The van der Waals surface area contributed by atoms with E-state index in [0.29, 0.717) is 47.8 Å². The number of fused-ring (bicyclic) bond motifs is 1. The SMILES string of the molecule is C=CC(=O)N1CCN(c2nc(=O)n(-c3c(C)cc[n+](O)c3C(C)C)c3nc(-c4ccccc4F)c(Cl)cc23)[C@@H](C)C1. The van der Waals surface area contributed by atoms with E-state index in [0.717, 1.165) is 4.73 Å². The van der Waals surface area contributed by atoms with Crippen LogP contribution in [0.3, 0.4) is 0 Å². The minimum Gasteiger partial charge on any atom is -0.350 e. The molecule has 0 spiro atoms. The molecule has 3 aromatic heterocycles. The number of hydrogen-bond acceptors (Lipinski definition) is 6. The summed E-state index contributed by atoms with van der Waals surface area (Å²) in [6.07, 6.45) is 2.80. The molecule has 1 atom stereocenters. The summed E-state index contributed by atoms with van der Waals surface area (Å²) >= 11 is 6.75. The van der Waals surface area contributed by atoms with Crippen molar-refractivity contribution < 1.29 is 19.1 Å². The third-order valence-corrected chi connectivity index (χ3v) is 7.70. The van der Waals surface area contributed by atoms with Gasteiger partial charge in [0.1, 0.15) is 17.3 Å². The van der Waals surface area contributed by atoms with E-state index in [9.17, 15) is 19.2 Å². The Hall–Kier alpha value is -4.31. The van der Waals surface area contributed by atoms with Crippen LogP contribution in [0, 0.1) is 12.7 Å². The molecule has 1 N–H and O–H groups in total. The molecule has 1 aliphatic heterocycles. The van der Waals surface area contributed by atoms with E-state index in [-0.39, 0.29) is 39.8 Å². The first-order chi connectivity index (χ1) is 19.5. The van der Waals surface area contributed by atoms with Crippen LogP contribution < -0.4 is 15.3 Å². The number of aromatic nitrogens is 4. The molecular weight excluding hydrogens is 547 g/mol. The number of amides is 1. The molecular formula is C30H31ClFN6O3+. The van der Waals surface area contributed by atoms with Crippen molar-refractivity contribution in [2.24, 2.45) is 0 Å². The Morgan fingerprint density at radius 2 is 1.98 bits per heavy atom. The maximum atomic E-state index is 14.9. The van der Waals surface area contributed by atoms with Gasteiger partial charge in [-0.3, -0.25) is 10.0 Å². The lowest BCUT2D eigenvalue weighted by Gasteiger charge is -2.40. The number of aryl methyl sites for hydroxylation is 1. The van der Waals surface area contributed by atoms with E-state index in [1.54, 1.807) is 35.2 Å². The molecule has 0 saturated carbocycles. The van der Waals surface area contributed by atoms with Crippen molar-refractivity contribution in [1.29, 1.82) is 0 Å². The van der Waals surface area contributed by atoms with Gasteiger partial charge in [-0.1, -0.05) is 44.2 Å². The van der Waals surface area contributed by atoms with Crippen LogP contribution in [-0.4, -0.2) is 56.2 Å². The highest BCUT2D eigenvalue weighted by atomic mass is 35.5. The average molecular weight is 578 g/mol. The lowest BCUT2D eigenvalue weighted by molar-refractivity contribution is -0.910. The monoisotopic (exact) mass is 577 g/mol. The zero-order valence-electron chi connectivity index (χ0n) is 23.3. The van der Waals surface area contributed by atoms with Gasteiger partial charge in [0.2, 0.25) is 12.1 Å². The van der Waals surface area contributed by atoms with Crippen LogP contribution >= 0.6 is 11.6 Å². The number of benzene rings is 1. The Morgan fingerprint density at radius 3 is 2.63 bits per heavy atom. The fourth-order valence-electron chi connectivity index (χ4n) is 5.45. The fraction of sp³-hybridized carbons (Fsp3) is 0.300. The summed E-state index contributed by atoms with van der Waals surface area (Å²) in [5, 5.41) is 11.4. The van der Waals surface area contributed by atoms with Crippen molar-refractivity contribution in [3.63, 3.8) is 0 Å². The van der Waals surface area contributed by atoms with Crippen LogP contribution in [0.2, 0.25) is 5.02 Å². The summed E-state index contributed by atoms with van der Waals surface area (Å²) < 4.78 is 17.3. The van der Waals surface area contributed by atoms with Crippen molar-refractivity contribution in [2.75, 3.05) is 24.5 Å². The average Bonchev–Trinajstić information content (AvgIpc) is 2.94. The zero-order valence-corrected chi connectivity index (χ0v) is 24.1. The maximum Gasteiger partial charge on any atom is 0.356 e. The van der Waals surface area contributed by atoms with Crippen molar-refractivity contribution in [3.05, 3.63) is 87.8 Å². The zero-order chi connectivity index (χ0) is 29.6. The number of rotatable bonds is 5. The van der Waals surface area contributed by atoms with Crippen LogP contribution in [0.1, 0.15) is 37.9 Å². The second kappa shape index (κ2) is 10.9. The second-order valence-corrected chi connectivity index (χ2v) is 10.9. The minimum atomic E-state index is -0.616. The Labute approximate surface area is 241 Å². The minimum absolute atomic E-state index is 0.165. The molecule has 0 radical (unpaired) electrons. The Bertz CT molecular complexity index is 1760. The van der Waals surface area contributed by atoms with E-state index < -0.39 is 11.5 Å². The van der Waals surface area contributed by atoms with Crippen molar-refractivity contribution in [2.45, 2.75) is 39.7 Å². The number of halogens is 2. The number of hydrogen-bond donors (Lipinski definition) is 1. The highest BCUT2D eigenvalue weighted by Gasteiger charge is 2.32. The molecule has 4 aromatic rings. The van der Waals surface area contributed by atoms with Gasteiger partial charge >= 0.3 is 5.69 Å². The molecule has 5 rings (SSSR count). The van der Waals surface area contributed by atoms with Crippen LogP contribution in [0.4, 0.5) is 10.2 Å². The smallest absolute Gasteiger partial charge is 0.350 e. The van der Waals surface area contributed by atoms with Crippen LogP contribution in [-0.2, 0) is 4.79 Å². The predicted octanol–water partition coefficient (Wildman–Crippen LogP) is 4.42. The third kappa shape index (κ3) is 4.93. The summed E-state index contributed by atoms with van der Waals surface area (Å²) in [5.41, 5.74) is 1.60. The molecule has 0 aliphatic carbocycles. The standard InChI is InChI=1S/C30H31ClFN6O3/c1-6-24(39)35-13-14-36(19(5)16-35)28-21-15-22(31)25(20-9-7-8-10-23(20)32)33-29(21)38(30(40)34-28)27-18(4)11-12-37(41)26(27)17(2)3/h6-12,15,17,19,41H,1,13-14,16H2,2-5H3/q+1/t19-/m0/s1. The van der Waals surface area contributed by atoms with E-state index >= 15 is 0 Å². The highest BCUT2D eigenvalue weighted by molar-refractivity contribution is 6.33. The normalized spacial score (nSPS) is 15.5. The molecule has 0 bridgehead atoms. The highest BCUT2D eigenvalue weighted by Crippen LogP contribution is 2.36. The molecule has 212 valence electrons. The first-order valence-electron chi connectivity index (χ1n) is 13.3. The number of carbonyl (C=O) groups is 1. The first-order valence-corrected chi connectivity index (χ1v) is 13.7. The largest absolute Gasteiger partial charge is 0.356 e. The number of anilines is 1. The third-order valence-electron chi connectivity index (χ3n) is 7.42. The summed E-state index contributed by atoms with van der Waals surface area (Å²) in [6, 6.07) is 9.31. The van der Waals surface area contributed by atoms with Gasteiger partial charge in [-0.25, -0.2) is 18.7 Å². The quantitative estimate of drug-likeness (QED) is 0.214. The van der Waals surface area contributed by atoms with E-state index in [2.05, 4.69) is 11.6 Å². The van der Waals surface area contributed by atoms with Gasteiger partial charge in [0.25, 0.3) is 5.69 Å². The molecule has 1 amide bonds. The van der Waals surface area contributed by atoms with Gasteiger partial charge < -0.3 is 9.80 Å².